The molecule has 1 N–H and O–H groups in total. The highest BCUT2D eigenvalue weighted by atomic mass is 16.3. The number of aliphatic hydroxyl groups is 1. The SMILES string of the molecule is CCC(O)C(c1ccccc1)c1ccc(C)cc1C. The van der Waals surface area contributed by atoms with Crippen LogP contribution in [-0.2, 0) is 0 Å². The van der Waals surface area contributed by atoms with Gasteiger partial charge in [-0.2, -0.15) is 0 Å². The first-order valence-electron chi connectivity index (χ1n) is 6.93. The van der Waals surface area contributed by atoms with Gasteiger partial charge in [0.15, 0.2) is 0 Å². The molecule has 2 aromatic rings. The highest BCUT2D eigenvalue weighted by Crippen LogP contribution is 2.32. The van der Waals surface area contributed by atoms with Crippen LogP contribution in [0.3, 0.4) is 0 Å². The Kier molecular flexibility index (Phi) is 4.39. The molecule has 0 aliphatic carbocycles. The van der Waals surface area contributed by atoms with Crippen molar-refractivity contribution in [3.8, 4) is 0 Å². The van der Waals surface area contributed by atoms with Crippen molar-refractivity contribution in [2.75, 3.05) is 0 Å². The van der Waals surface area contributed by atoms with Gasteiger partial charge < -0.3 is 5.11 Å². The van der Waals surface area contributed by atoms with E-state index < -0.39 is 0 Å². The number of hydrogen-bond donors (Lipinski definition) is 1. The van der Waals surface area contributed by atoms with Gasteiger partial charge in [0, 0.05) is 5.92 Å². The lowest BCUT2D eigenvalue weighted by Gasteiger charge is -2.25. The second kappa shape index (κ2) is 6.03. The van der Waals surface area contributed by atoms with Crippen LogP contribution in [0.4, 0.5) is 0 Å². The van der Waals surface area contributed by atoms with Crippen molar-refractivity contribution in [3.05, 3.63) is 70.8 Å². The second-order valence-corrected chi connectivity index (χ2v) is 5.22. The monoisotopic (exact) mass is 254 g/mol. The minimum Gasteiger partial charge on any atom is -0.392 e. The standard InChI is InChI=1S/C18H22O/c1-4-17(19)18(15-8-6-5-7-9-15)16-11-10-13(2)12-14(16)3/h5-12,17-19H,4H2,1-3H3. The minimum absolute atomic E-state index is 0.0619. The van der Waals surface area contributed by atoms with Gasteiger partial charge in [-0.3, -0.25) is 0 Å². The maximum absolute atomic E-state index is 10.4. The molecule has 2 unspecified atom stereocenters. The van der Waals surface area contributed by atoms with Gasteiger partial charge in [0.05, 0.1) is 6.10 Å². The van der Waals surface area contributed by atoms with E-state index in [4.69, 9.17) is 0 Å². The first kappa shape index (κ1) is 13.8. The molecule has 0 saturated heterocycles. The third-order valence-corrected chi connectivity index (χ3v) is 3.72. The summed E-state index contributed by atoms with van der Waals surface area (Å²) in [4.78, 5) is 0. The van der Waals surface area contributed by atoms with E-state index in [-0.39, 0.29) is 12.0 Å². The number of hydrogen-bond acceptors (Lipinski definition) is 1. The normalized spacial score (nSPS) is 14.1. The number of aliphatic hydroxyl groups excluding tert-OH is 1. The summed E-state index contributed by atoms with van der Waals surface area (Å²) in [6.07, 6.45) is 0.413. The molecule has 2 atom stereocenters. The molecule has 100 valence electrons. The van der Waals surface area contributed by atoms with Gasteiger partial charge in [0.1, 0.15) is 0 Å². The number of rotatable bonds is 4. The van der Waals surface area contributed by atoms with Crippen LogP contribution in [0.15, 0.2) is 48.5 Å². The van der Waals surface area contributed by atoms with Gasteiger partial charge >= 0.3 is 0 Å². The van der Waals surface area contributed by atoms with Gasteiger partial charge in [-0.05, 0) is 37.0 Å². The molecule has 0 aliphatic heterocycles. The molecule has 19 heavy (non-hydrogen) atoms. The van der Waals surface area contributed by atoms with Crippen molar-refractivity contribution < 1.29 is 5.11 Å². The predicted molar refractivity (Wildman–Crippen MR) is 80.5 cm³/mol. The fraction of sp³-hybridized carbons (Fsp3) is 0.333. The van der Waals surface area contributed by atoms with Gasteiger partial charge in [0.25, 0.3) is 0 Å². The Morgan fingerprint density at radius 2 is 1.68 bits per heavy atom. The van der Waals surface area contributed by atoms with Crippen LogP contribution in [0.5, 0.6) is 0 Å². The summed E-state index contributed by atoms with van der Waals surface area (Å²) < 4.78 is 0. The van der Waals surface area contributed by atoms with Crippen molar-refractivity contribution in [1.29, 1.82) is 0 Å². The summed E-state index contributed by atoms with van der Waals surface area (Å²) in [5.74, 6) is 0.0619. The van der Waals surface area contributed by atoms with Crippen molar-refractivity contribution in [2.24, 2.45) is 0 Å². The van der Waals surface area contributed by atoms with Gasteiger partial charge in [0.2, 0.25) is 0 Å². The summed E-state index contributed by atoms with van der Waals surface area (Å²) in [7, 11) is 0. The highest BCUT2D eigenvalue weighted by molar-refractivity contribution is 5.40. The molecule has 1 heteroatoms. The molecular weight excluding hydrogens is 232 g/mol. The van der Waals surface area contributed by atoms with E-state index in [1.165, 1.54) is 22.3 Å². The molecule has 0 saturated carbocycles. The average Bonchev–Trinajstić information content (AvgIpc) is 2.42. The zero-order chi connectivity index (χ0) is 13.8. The van der Waals surface area contributed by atoms with E-state index in [1.54, 1.807) is 0 Å². The lowest BCUT2D eigenvalue weighted by atomic mass is 9.83. The average molecular weight is 254 g/mol. The van der Waals surface area contributed by atoms with Crippen LogP contribution in [0.1, 0.15) is 41.5 Å². The predicted octanol–water partition coefficient (Wildman–Crippen LogP) is 4.21. The Balaban J connectivity index is 2.49. The molecule has 2 rings (SSSR count). The maximum Gasteiger partial charge on any atom is 0.0646 e. The van der Waals surface area contributed by atoms with E-state index in [1.807, 2.05) is 25.1 Å². The van der Waals surface area contributed by atoms with Crippen LogP contribution in [-0.4, -0.2) is 11.2 Å². The minimum atomic E-state index is -0.344. The smallest absolute Gasteiger partial charge is 0.0646 e. The highest BCUT2D eigenvalue weighted by Gasteiger charge is 2.22. The quantitative estimate of drug-likeness (QED) is 0.866. The topological polar surface area (TPSA) is 20.2 Å². The molecule has 0 heterocycles. The Morgan fingerprint density at radius 1 is 1.00 bits per heavy atom. The largest absolute Gasteiger partial charge is 0.392 e. The van der Waals surface area contributed by atoms with Crippen LogP contribution in [0, 0.1) is 13.8 Å². The summed E-state index contributed by atoms with van der Waals surface area (Å²) in [5, 5.41) is 10.4. The lowest BCUT2D eigenvalue weighted by Crippen LogP contribution is -2.19. The fourth-order valence-electron chi connectivity index (χ4n) is 2.68. The van der Waals surface area contributed by atoms with Crippen molar-refractivity contribution in [3.63, 3.8) is 0 Å². The van der Waals surface area contributed by atoms with Gasteiger partial charge in [-0.25, -0.2) is 0 Å². The lowest BCUT2D eigenvalue weighted by molar-refractivity contribution is 0.152. The Bertz CT molecular complexity index is 531. The number of aryl methyl sites for hydroxylation is 2. The van der Waals surface area contributed by atoms with Crippen LogP contribution >= 0.6 is 0 Å². The molecule has 0 radical (unpaired) electrons. The first-order chi connectivity index (χ1) is 9.13. The fourth-order valence-corrected chi connectivity index (χ4v) is 2.68. The third kappa shape index (κ3) is 3.05. The first-order valence-corrected chi connectivity index (χ1v) is 6.93. The molecule has 0 amide bonds. The summed E-state index contributed by atoms with van der Waals surface area (Å²) in [6.45, 7) is 6.26. The third-order valence-electron chi connectivity index (χ3n) is 3.72. The zero-order valence-electron chi connectivity index (χ0n) is 11.9. The number of benzene rings is 2. The van der Waals surface area contributed by atoms with Gasteiger partial charge in [-0.15, -0.1) is 0 Å². The van der Waals surface area contributed by atoms with E-state index in [0.29, 0.717) is 0 Å². The molecule has 0 fully saturated rings. The van der Waals surface area contributed by atoms with Gasteiger partial charge in [-0.1, -0.05) is 61.0 Å². The van der Waals surface area contributed by atoms with Crippen molar-refractivity contribution in [1.82, 2.24) is 0 Å². The molecule has 0 spiro atoms. The van der Waals surface area contributed by atoms with Crippen molar-refractivity contribution >= 4 is 0 Å². The molecule has 0 bridgehead atoms. The maximum atomic E-state index is 10.4. The summed E-state index contributed by atoms with van der Waals surface area (Å²) in [6, 6.07) is 16.8. The van der Waals surface area contributed by atoms with Crippen LogP contribution in [0.25, 0.3) is 0 Å². The zero-order valence-corrected chi connectivity index (χ0v) is 11.9. The molecule has 2 aromatic carbocycles. The Hall–Kier alpha value is -1.60. The molecular formula is C18H22O. The summed E-state index contributed by atoms with van der Waals surface area (Å²) in [5.41, 5.74) is 4.93. The van der Waals surface area contributed by atoms with E-state index >= 15 is 0 Å². The Morgan fingerprint density at radius 3 is 2.26 bits per heavy atom. The molecule has 0 aromatic heterocycles. The van der Waals surface area contributed by atoms with Crippen LogP contribution in [0.2, 0.25) is 0 Å². The molecule has 1 nitrogen and oxygen atoms in total. The van der Waals surface area contributed by atoms with E-state index in [9.17, 15) is 5.11 Å². The van der Waals surface area contributed by atoms with E-state index in [0.717, 1.165) is 6.42 Å². The second-order valence-electron chi connectivity index (χ2n) is 5.22. The molecule has 0 aliphatic rings. The van der Waals surface area contributed by atoms with Crippen molar-refractivity contribution in [2.45, 2.75) is 39.2 Å². The summed E-state index contributed by atoms with van der Waals surface area (Å²) >= 11 is 0. The Labute approximate surface area is 115 Å². The van der Waals surface area contributed by atoms with E-state index in [2.05, 4.69) is 44.2 Å². The van der Waals surface area contributed by atoms with Crippen LogP contribution < -0.4 is 0 Å².